The highest BCUT2D eigenvalue weighted by Crippen LogP contribution is 2.42. The third-order valence-corrected chi connectivity index (χ3v) is 3.76. The molecule has 0 aromatic carbocycles. The van der Waals surface area contributed by atoms with Crippen molar-refractivity contribution in [1.82, 2.24) is 0 Å². The molecule has 0 amide bonds. The van der Waals surface area contributed by atoms with Crippen LogP contribution in [0.4, 0.5) is 0 Å². The second-order valence-electron chi connectivity index (χ2n) is 5.66. The fourth-order valence-corrected chi connectivity index (χ4v) is 2.35. The number of carbonyl (C=O) groups excluding carboxylic acids is 1. The van der Waals surface area contributed by atoms with Crippen LogP contribution in [0.25, 0.3) is 0 Å². The molecule has 0 aromatic rings. The lowest BCUT2D eigenvalue weighted by Gasteiger charge is -2.24. The molecule has 0 bridgehead atoms. The molecule has 0 aliphatic rings. The molecule has 7 heteroatoms. The smallest absolute Gasteiger partial charge is 0.333 e. The summed E-state index contributed by atoms with van der Waals surface area (Å²) in [5, 5.41) is 0. The molecule has 2 atom stereocenters. The summed E-state index contributed by atoms with van der Waals surface area (Å²) < 4.78 is 22.4. The molecule has 0 spiro atoms. The van der Waals surface area contributed by atoms with Crippen LogP contribution in [0.2, 0.25) is 0 Å². The van der Waals surface area contributed by atoms with E-state index in [1.54, 1.807) is 6.92 Å². The summed E-state index contributed by atoms with van der Waals surface area (Å²) in [5.41, 5.74) is 0.255. The van der Waals surface area contributed by atoms with Crippen molar-refractivity contribution in [2.45, 2.75) is 20.0 Å². The van der Waals surface area contributed by atoms with Crippen molar-refractivity contribution >= 4 is 13.6 Å². The van der Waals surface area contributed by atoms with Gasteiger partial charge >= 0.3 is 13.6 Å². The topological polar surface area (TPSA) is 72.8 Å². The Morgan fingerprint density at radius 3 is 2.37 bits per heavy atom. The van der Waals surface area contributed by atoms with E-state index in [4.69, 9.17) is 9.26 Å². The van der Waals surface area contributed by atoms with Crippen LogP contribution >= 0.6 is 7.60 Å². The molecule has 0 aromatic heterocycles. The fraction of sp³-hybridized carbons (Fsp3) is 0.750. The van der Waals surface area contributed by atoms with Gasteiger partial charge in [0.2, 0.25) is 0 Å². The monoisotopic (exact) mass is 294 g/mol. The molecule has 0 heterocycles. The molecule has 0 fully saturated rings. The first-order chi connectivity index (χ1) is 8.43. The van der Waals surface area contributed by atoms with Gasteiger partial charge in [-0.25, -0.2) is 4.79 Å². The molecule has 0 saturated heterocycles. The summed E-state index contributed by atoms with van der Waals surface area (Å²) in [7, 11) is 2.15. The fourth-order valence-electron chi connectivity index (χ4n) is 1.16. The average molecular weight is 294 g/mol. The van der Waals surface area contributed by atoms with Crippen LogP contribution < -0.4 is 0 Å². The summed E-state index contributed by atoms with van der Waals surface area (Å²) in [4.78, 5) is 20.9. The van der Waals surface area contributed by atoms with E-state index in [9.17, 15) is 14.3 Å². The maximum Gasteiger partial charge on any atom is 0.333 e. The minimum absolute atomic E-state index is 0.179. The summed E-state index contributed by atoms with van der Waals surface area (Å²) >= 11 is 0. The van der Waals surface area contributed by atoms with E-state index in [2.05, 4.69) is 6.58 Å². The van der Waals surface area contributed by atoms with Crippen LogP contribution in [0.15, 0.2) is 12.2 Å². The quantitative estimate of drug-likeness (QED) is 0.317. The van der Waals surface area contributed by atoms with E-state index < -0.39 is 19.7 Å². The first-order valence-corrected chi connectivity index (χ1v) is 7.82. The van der Waals surface area contributed by atoms with Gasteiger partial charge in [-0.3, -0.25) is 4.57 Å². The van der Waals surface area contributed by atoms with Gasteiger partial charge in [-0.05, 0) is 13.8 Å². The lowest BCUT2D eigenvalue weighted by Crippen LogP contribution is -2.37. The molecule has 19 heavy (non-hydrogen) atoms. The molecular weight excluding hydrogens is 269 g/mol. The molecule has 0 radical (unpaired) electrons. The highest BCUT2D eigenvalue weighted by atomic mass is 31.2. The minimum Gasteiger partial charge on any atom is -0.459 e. The van der Waals surface area contributed by atoms with Gasteiger partial charge < -0.3 is 18.6 Å². The summed E-state index contributed by atoms with van der Waals surface area (Å²) in [6, 6.07) is 0. The maximum absolute atomic E-state index is 11.8. The Labute approximate surface area is 115 Å². The average Bonchev–Trinajstić information content (AvgIpc) is 2.12. The molecule has 1 N–H and O–H groups in total. The van der Waals surface area contributed by atoms with Crippen LogP contribution in [0, 0.1) is 0 Å². The second-order valence-corrected chi connectivity index (χ2v) is 7.56. The zero-order valence-corrected chi connectivity index (χ0v) is 13.3. The summed E-state index contributed by atoms with van der Waals surface area (Å²) in [5.74, 6) is -0.571. The Hall–Kier alpha value is -0.680. The van der Waals surface area contributed by atoms with Crippen molar-refractivity contribution in [3.63, 3.8) is 0 Å². The number of nitrogens with zero attached hydrogens (tertiary/aromatic N) is 1. The van der Waals surface area contributed by atoms with Crippen molar-refractivity contribution in [3.05, 3.63) is 12.2 Å². The Morgan fingerprint density at radius 2 is 1.95 bits per heavy atom. The highest BCUT2D eigenvalue weighted by molar-refractivity contribution is 7.52. The Balaban J connectivity index is 4.18. The lowest BCUT2D eigenvalue weighted by molar-refractivity contribution is -0.870. The molecule has 0 aliphatic heterocycles. The first-order valence-electron chi connectivity index (χ1n) is 6.06. The molecule has 0 saturated carbocycles. The molecule has 2 unspecified atom stereocenters. The van der Waals surface area contributed by atoms with Crippen LogP contribution in [0.1, 0.15) is 13.8 Å². The number of quaternary nitrogens is 1. The largest absolute Gasteiger partial charge is 0.459 e. The van der Waals surface area contributed by atoms with E-state index in [1.807, 2.05) is 21.1 Å². The van der Waals surface area contributed by atoms with Gasteiger partial charge in [0.25, 0.3) is 0 Å². The van der Waals surface area contributed by atoms with E-state index >= 15 is 0 Å². The van der Waals surface area contributed by atoms with E-state index in [0.717, 1.165) is 0 Å². The number of hydrogen-bond donors (Lipinski definition) is 1. The van der Waals surface area contributed by atoms with Gasteiger partial charge in [-0.1, -0.05) is 6.58 Å². The normalized spacial score (nSPS) is 16.5. The minimum atomic E-state index is -3.74. The van der Waals surface area contributed by atoms with Gasteiger partial charge in [-0.15, -0.1) is 0 Å². The lowest BCUT2D eigenvalue weighted by atomic mass is 10.3. The van der Waals surface area contributed by atoms with Crippen molar-refractivity contribution in [1.29, 1.82) is 0 Å². The van der Waals surface area contributed by atoms with E-state index in [0.29, 0.717) is 11.0 Å². The van der Waals surface area contributed by atoms with E-state index in [1.165, 1.54) is 6.92 Å². The number of carbonyl (C=O) groups is 1. The Morgan fingerprint density at radius 1 is 1.42 bits per heavy atom. The summed E-state index contributed by atoms with van der Waals surface area (Å²) in [6.45, 7) is 7.30. The third kappa shape index (κ3) is 9.85. The Bertz CT molecular complexity index is 375. The number of rotatable bonds is 8. The van der Waals surface area contributed by atoms with Crippen molar-refractivity contribution < 1.29 is 28.0 Å². The number of esters is 1. The van der Waals surface area contributed by atoms with Gasteiger partial charge in [0, 0.05) is 5.57 Å². The van der Waals surface area contributed by atoms with Crippen molar-refractivity contribution in [2.75, 3.05) is 40.5 Å². The molecular formula is C12H25NO5P+. The standard InChI is InChI=1S/C12H24NO5P/c1-10(2)12(14)18-11(3)9-19(15,16)17-8-7-13(4,5)6/h11H,1,7-9H2,2-6H3/p+1. The van der Waals surface area contributed by atoms with Crippen LogP contribution in [-0.2, 0) is 18.6 Å². The zero-order valence-electron chi connectivity index (χ0n) is 12.4. The molecule has 0 rings (SSSR count). The Kier molecular flexibility index (Phi) is 6.94. The number of likely N-dealkylation sites (N-methyl/N-ethyl adjacent to an activating group) is 1. The van der Waals surface area contributed by atoms with Gasteiger partial charge in [-0.2, -0.15) is 0 Å². The zero-order chi connectivity index (χ0) is 15.3. The van der Waals surface area contributed by atoms with Gasteiger partial charge in [0.15, 0.2) is 0 Å². The van der Waals surface area contributed by atoms with E-state index in [-0.39, 0.29) is 18.3 Å². The number of hydrogen-bond acceptors (Lipinski definition) is 4. The predicted octanol–water partition coefficient (Wildman–Crippen LogP) is 1.40. The maximum atomic E-state index is 11.8. The van der Waals surface area contributed by atoms with Crippen LogP contribution in [-0.4, -0.2) is 61.9 Å². The third-order valence-electron chi connectivity index (χ3n) is 2.20. The van der Waals surface area contributed by atoms with Crippen molar-refractivity contribution in [2.24, 2.45) is 0 Å². The first kappa shape index (κ1) is 18.3. The van der Waals surface area contributed by atoms with Crippen LogP contribution in [0.3, 0.4) is 0 Å². The molecule has 0 aliphatic carbocycles. The molecule has 112 valence electrons. The SMILES string of the molecule is C=C(C)C(=O)OC(C)CP(=O)(O)OCC[N+](C)(C)C. The van der Waals surface area contributed by atoms with Gasteiger partial charge in [0.05, 0.1) is 27.3 Å². The summed E-state index contributed by atoms with van der Waals surface area (Å²) in [6.07, 6.45) is -0.910. The van der Waals surface area contributed by atoms with Gasteiger partial charge in [0.1, 0.15) is 19.3 Å². The predicted molar refractivity (Wildman–Crippen MR) is 73.9 cm³/mol. The van der Waals surface area contributed by atoms with Crippen LogP contribution in [0.5, 0.6) is 0 Å². The molecule has 6 nitrogen and oxygen atoms in total. The van der Waals surface area contributed by atoms with Crippen molar-refractivity contribution in [3.8, 4) is 0 Å². The number of ether oxygens (including phenoxy) is 1. The highest BCUT2D eigenvalue weighted by Gasteiger charge is 2.26. The second kappa shape index (κ2) is 7.20.